The third-order valence-corrected chi connectivity index (χ3v) is 6.81. The summed E-state index contributed by atoms with van der Waals surface area (Å²) >= 11 is 0. The quantitative estimate of drug-likeness (QED) is 0.728. The zero-order valence-corrected chi connectivity index (χ0v) is 14.8. The summed E-state index contributed by atoms with van der Waals surface area (Å²) in [7, 11) is 0. The molecule has 0 aromatic carbocycles. The highest BCUT2D eigenvalue weighted by molar-refractivity contribution is 5.79. The van der Waals surface area contributed by atoms with Gasteiger partial charge in [0.15, 0.2) is 0 Å². The van der Waals surface area contributed by atoms with E-state index in [9.17, 15) is 15.0 Å². The number of aliphatic hydroxyl groups is 2. The Labute approximate surface area is 145 Å². The Hall–Kier alpha value is -0.650. The molecule has 0 aromatic heterocycles. The molecule has 0 aromatic rings. The number of aliphatic hydroxyl groups excluding tert-OH is 2. The number of carbonyl (C=O) groups is 1. The van der Waals surface area contributed by atoms with Gasteiger partial charge in [0.25, 0.3) is 0 Å². The van der Waals surface area contributed by atoms with Gasteiger partial charge in [-0.15, -0.1) is 0 Å². The minimum Gasteiger partial charge on any atom is -0.390 e. The van der Waals surface area contributed by atoms with Crippen molar-refractivity contribution < 1.29 is 15.0 Å². The lowest BCUT2D eigenvalue weighted by molar-refractivity contribution is -0.147. The SMILES string of the molecule is NCC1CCCC(C2CCN(C(=O)C3CCCC(O)C3O)CC2)C1. The zero-order valence-electron chi connectivity index (χ0n) is 14.8. The van der Waals surface area contributed by atoms with Gasteiger partial charge in [-0.1, -0.05) is 12.8 Å². The van der Waals surface area contributed by atoms with Gasteiger partial charge in [-0.05, 0) is 69.2 Å². The van der Waals surface area contributed by atoms with Crippen molar-refractivity contribution in [1.82, 2.24) is 4.90 Å². The first kappa shape index (κ1) is 18.2. The first-order valence-corrected chi connectivity index (χ1v) is 9.95. The fraction of sp³-hybridized carbons (Fsp3) is 0.947. The number of likely N-dealkylation sites (tertiary alicyclic amines) is 1. The van der Waals surface area contributed by atoms with E-state index in [0.29, 0.717) is 18.8 Å². The number of nitrogens with two attached hydrogens (primary N) is 1. The fourth-order valence-electron chi connectivity index (χ4n) is 5.23. The number of hydrogen-bond donors (Lipinski definition) is 3. The molecule has 5 atom stereocenters. The molecule has 1 saturated heterocycles. The van der Waals surface area contributed by atoms with Gasteiger partial charge in [-0.25, -0.2) is 0 Å². The lowest BCUT2D eigenvalue weighted by Crippen LogP contribution is -2.49. The maximum atomic E-state index is 12.7. The van der Waals surface area contributed by atoms with Crippen molar-refractivity contribution in [3.8, 4) is 0 Å². The van der Waals surface area contributed by atoms with Crippen LogP contribution in [0, 0.1) is 23.7 Å². The van der Waals surface area contributed by atoms with Crippen LogP contribution < -0.4 is 5.73 Å². The highest BCUT2D eigenvalue weighted by Crippen LogP contribution is 2.38. The lowest BCUT2D eigenvalue weighted by Gasteiger charge is -2.41. The minimum atomic E-state index is -0.882. The molecule has 2 saturated carbocycles. The van der Waals surface area contributed by atoms with Gasteiger partial charge in [0.2, 0.25) is 5.91 Å². The van der Waals surface area contributed by atoms with Gasteiger partial charge in [0.1, 0.15) is 0 Å². The molecule has 0 radical (unpaired) electrons. The van der Waals surface area contributed by atoms with Crippen LogP contribution in [0.15, 0.2) is 0 Å². The third kappa shape index (κ3) is 3.94. The second kappa shape index (κ2) is 8.15. The molecule has 138 valence electrons. The Morgan fingerprint density at radius 2 is 1.67 bits per heavy atom. The molecule has 3 aliphatic rings. The number of rotatable bonds is 3. The molecular formula is C19H34N2O3. The van der Waals surface area contributed by atoms with E-state index in [1.54, 1.807) is 0 Å². The van der Waals surface area contributed by atoms with Crippen LogP contribution in [0.5, 0.6) is 0 Å². The predicted molar refractivity (Wildman–Crippen MR) is 93.2 cm³/mol. The van der Waals surface area contributed by atoms with Crippen molar-refractivity contribution in [3.63, 3.8) is 0 Å². The number of carbonyl (C=O) groups excluding carboxylic acids is 1. The van der Waals surface area contributed by atoms with Crippen LogP contribution in [0.2, 0.25) is 0 Å². The molecule has 5 unspecified atom stereocenters. The maximum Gasteiger partial charge on any atom is 0.228 e. The van der Waals surface area contributed by atoms with Crippen molar-refractivity contribution >= 4 is 5.91 Å². The summed E-state index contributed by atoms with van der Waals surface area (Å²) in [6.45, 7) is 2.44. The molecule has 0 spiro atoms. The lowest BCUT2D eigenvalue weighted by atomic mass is 9.72. The number of hydrogen-bond acceptors (Lipinski definition) is 4. The van der Waals surface area contributed by atoms with Crippen molar-refractivity contribution in [2.45, 2.75) is 70.0 Å². The molecule has 3 rings (SSSR count). The highest BCUT2D eigenvalue weighted by atomic mass is 16.3. The fourth-order valence-corrected chi connectivity index (χ4v) is 5.23. The predicted octanol–water partition coefficient (Wildman–Crippen LogP) is 1.51. The molecule has 1 amide bonds. The average molecular weight is 338 g/mol. The first-order valence-electron chi connectivity index (χ1n) is 9.95. The molecule has 5 nitrogen and oxygen atoms in total. The molecule has 4 N–H and O–H groups in total. The summed E-state index contributed by atoms with van der Waals surface area (Å²) in [5, 5.41) is 20.0. The van der Waals surface area contributed by atoms with E-state index < -0.39 is 18.1 Å². The first-order chi connectivity index (χ1) is 11.6. The molecule has 1 heterocycles. The largest absolute Gasteiger partial charge is 0.390 e. The summed E-state index contributed by atoms with van der Waals surface area (Å²) < 4.78 is 0. The highest BCUT2D eigenvalue weighted by Gasteiger charge is 2.39. The number of nitrogens with zero attached hydrogens (tertiary/aromatic N) is 1. The Balaban J connectivity index is 1.50. The molecule has 3 fully saturated rings. The molecule has 0 bridgehead atoms. The van der Waals surface area contributed by atoms with Crippen molar-refractivity contribution in [3.05, 3.63) is 0 Å². The van der Waals surface area contributed by atoms with Crippen LogP contribution in [-0.2, 0) is 4.79 Å². The van der Waals surface area contributed by atoms with Crippen molar-refractivity contribution in [2.24, 2.45) is 29.4 Å². The average Bonchev–Trinajstić information content (AvgIpc) is 2.63. The minimum absolute atomic E-state index is 0.0585. The molecule has 2 aliphatic carbocycles. The summed E-state index contributed by atoms with van der Waals surface area (Å²) in [6, 6.07) is 0. The summed E-state index contributed by atoms with van der Waals surface area (Å²) in [6.07, 6.45) is 7.86. The Morgan fingerprint density at radius 3 is 2.38 bits per heavy atom. The topological polar surface area (TPSA) is 86.8 Å². The van der Waals surface area contributed by atoms with Crippen LogP contribution in [0.25, 0.3) is 0 Å². The van der Waals surface area contributed by atoms with Gasteiger partial charge < -0.3 is 20.8 Å². The van der Waals surface area contributed by atoms with Crippen LogP contribution in [0.3, 0.4) is 0 Å². The molecular weight excluding hydrogens is 304 g/mol. The smallest absolute Gasteiger partial charge is 0.228 e. The number of amides is 1. The van der Waals surface area contributed by atoms with E-state index >= 15 is 0 Å². The monoisotopic (exact) mass is 338 g/mol. The van der Waals surface area contributed by atoms with Gasteiger partial charge >= 0.3 is 0 Å². The van der Waals surface area contributed by atoms with E-state index in [2.05, 4.69) is 0 Å². The van der Waals surface area contributed by atoms with Crippen LogP contribution in [0.1, 0.15) is 57.8 Å². The van der Waals surface area contributed by atoms with Crippen LogP contribution >= 0.6 is 0 Å². The molecule has 24 heavy (non-hydrogen) atoms. The van der Waals surface area contributed by atoms with E-state index in [0.717, 1.165) is 50.7 Å². The van der Waals surface area contributed by atoms with Crippen LogP contribution in [-0.4, -0.2) is 52.9 Å². The van der Waals surface area contributed by atoms with Gasteiger partial charge in [-0.2, -0.15) is 0 Å². The summed E-state index contributed by atoms with van der Waals surface area (Å²) in [5.74, 6) is 1.86. The standard InChI is InChI=1S/C19H34N2O3/c20-12-13-3-1-4-15(11-13)14-7-9-21(10-8-14)19(24)16-5-2-6-17(22)18(16)23/h13-18,22-23H,1-12,20H2. The van der Waals surface area contributed by atoms with E-state index in [-0.39, 0.29) is 5.91 Å². The van der Waals surface area contributed by atoms with Crippen molar-refractivity contribution in [1.29, 1.82) is 0 Å². The maximum absolute atomic E-state index is 12.7. The van der Waals surface area contributed by atoms with Gasteiger partial charge in [0.05, 0.1) is 18.1 Å². The Kier molecular flexibility index (Phi) is 6.17. The Morgan fingerprint density at radius 1 is 0.958 bits per heavy atom. The third-order valence-electron chi connectivity index (χ3n) is 6.81. The number of piperidine rings is 1. The van der Waals surface area contributed by atoms with Crippen LogP contribution in [0.4, 0.5) is 0 Å². The van der Waals surface area contributed by atoms with Crippen molar-refractivity contribution in [2.75, 3.05) is 19.6 Å². The van der Waals surface area contributed by atoms with Gasteiger partial charge in [-0.3, -0.25) is 4.79 Å². The zero-order chi connectivity index (χ0) is 17.1. The normalized spacial score (nSPS) is 39.0. The molecule has 1 aliphatic heterocycles. The van der Waals surface area contributed by atoms with E-state index in [1.807, 2.05) is 4.90 Å². The second-order valence-electron chi connectivity index (χ2n) is 8.29. The Bertz CT molecular complexity index is 423. The van der Waals surface area contributed by atoms with E-state index in [1.165, 1.54) is 25.7 Å². The summed E-state index contributed by atoms with van der Waals surface area (Å²) in [5.41, 5.74) is 5.87. The second-order valence-corrected chi connectivity index (χ2v) is 8.29. The van der Waals surface area contributed by atoms with Gasteiger partial charge in [0, 0.05) is 13.1 Å². The molecule has 5 heteroatoms. The summed E-state index contributed by atoms with van der Waals surface area (Å²) in [4.78, 5) is 14.7. The van der Waals surface area contributed by atoms with E-state index in [4.69, 9.17) is 5.73 Å².